The number of carbonyl (C=O) groups excluding carboxylic acids is 1. The van der Waals surface area contributed by atoms with Crippen LogP contribution in [0.2, 0.25) is 0 Å². The van der Waals surface area contributed by atoms with Crippen LogP contribution in [0.1, 0.15) is 24.3 Å². The van der Waals surface area contributed by atoms with Gasteiger partial charge in [-0.25, -0.2) is 0 Å². The summed E-state index contributed by atoms with van der Waals surface area (Å²) in [5.74, 6) is -0.245. The Morgan fingerprint density at radius 3 is 3.00 bits per heavy atom. The minimum absolute atomic E-state index is 0.245. The van der Waals surface area contributed by atoms with E-state index in [2.05, 4.69) is 5.32 Å². The normalized spacial score (nSPS) is 14.6. The van der Waals surface area contributed by atoms with Crippen molar-refractivity contribution in [3.8, 4) is 0 Å². The first-order valence-corrected chi connectivity index (χ1v) is 5.77. The fourth-order valence-electron chi connectivity index (χ4n) is 1.07. The molecule has 0 saturated heterocycles. The third-order valence-corrected chi connectivity index (χ3v) is 3.07. The third-order valence-electron chi connectivity index (χ3n) is 2.12. The Balaban J connectivity index is 2.41. The van der Waals surface area contributed by atoms with Crippen molar-refractivity contribution in [2.45, 2.75) is 25.5 Å². The molecular formula is C10H16N2O2S. The van der Waals surface area contributed by atoms with Gasteiger partial charge in [0.15, 0.2) is 0 Å². The van der Waals surface area contributed by atoms with E-state index in [9.17, 15) is 9.90 Å². The number of nitrogens with one attached hydrogen (secondary N) is 1. The van der Waals surface area contributed by atoms with E-state index in [1.807, 2.05) is 24.4 Å². The zero-order valence-corrected chi connectivity index (χ0v) is 9.46. The molecule has 1 heterocycles. The molecule has 0 aromatic carbocycles. The minimum atomic E-state index is -0.631. The number of aliphatic hydroxyl groups is 1. The van der Waals surface area contributed by atoms with Crippen molar-refractivity contribution in [3.63, 3.8) is 0 Å². The standard InChI is InChI=1S/C10H16N2O2S/c1-2-7(13)6-12-10(14)9(11)8-4-3-5-15-8/h3-5,7,9,13H,2,6,11H2,1H3,(H,12,14). The van der Waals surface area contributed by atoms with Crippen LogP contribution in [0.3, 0.4) is 0 Å². The summed E-state index contributed by atoms with van der Waals surface area (Å²) in [5, 5.41) is 13.8. The van der Waals surface area contributed by atoms with Crippen molar-refractivity contribution in [1.29, 1.82) is 0 Å². The molecule has 2 atom stereocenters. The second-order valence-electron chi connectivity index (χ2n) is 3.30. The van der Waals surface area contributed by atoms with Gasteiger partial charge in [-0.1, -0.05) is 13.0 Å². The maximum atomic E-state index is 11.5. The Hall–Kier alpha value is -0.910. The molecule has 84 valence electrons. The summed E-state index contributed by atoms with van der Waals surface area (Å²) >= 11 is 1.45. The highest BCUT2D eigenvalue weighted by Gasteiger charge is 2.16. The van der Waals surface area contributed by atoms with Crippen LogP contribution in [0.5, 0.6) is 0 Å². The largest absolute Gasteiger partial charge is 0.391 e. The van der Waals surface area contributed by atoms with E-state index < -0.39 is 12.1 Å². The molecule has 1 aromatic rings. The van der Waals surface area contributed by atoms with Gasteiger partial charge in [-0.05, 0) is 17.9 Å². The van der Waals surface area contributed by atoms with Gasteiger partial charge in [-0.3, -0.25) is 4.79 Å². The van der Waals surface area contributed by atoms with E-state index in [1.54, 1.807) is 0 Å². The van der Waals surface area contributed by atoms with E-state index in [0.717, 1.165) is 4.88 Å². The Labute approximate surface area is 93.1 Å². The number of carbonyl (C=O) groups is 1. The van der Waals surface area contributed by atoms with E-state index >= 15 is 0 Å². The number of rotatable bonds is 5. The number of hydrogen-bond acceptors (Lipinski definition) is 4. The van der Waals surface area contributed by atoms with Gasteiger partial charge in [0.05, 0.1) is 6.10 Å². The maximum Gasteiger partial charge on any atom is 0.242 e. The Morgan fingerprint density at radius 2 is 2.47 bits per heavy atom. The van der Waals surface area contributed by atoms with Crippen LogP contribution in [-0.2, 0) is 4.79 Å². The molecule has 5 heteroatoms. The molecule has 1 amide bonds. The molecule has 1 aromatic heterocycles. The molecule has 1 rings (SSSR count). The summed E-state index contributed by atoms with van der Waals surface area (Å²) in [6.45, 7) is 2.12. The van der Waals surface area contributed by atoms with Crippen LogP contribution >= 0.6 is 11.3 Å². The molecule has 0 aliphatic rings. The van der Waals surface area contributed by atoms with Gasteiger partial charge in [-0.2, -0.15) is 0 Å². The SMILES string of the molecule is CCC(O)CNC(=O)C(N)c1cccs1. The minimum Gasteiger partial charge on any atom is -0.391 e. The average molecular weight is 228 g/mol. The lowest BCUT2D eigenvalue weighted by atomic mass is 10.2. The van der Waals surface area contributed by atoms with Crippen molar-refractivity contribution in [1.82, 2.24) is 5.32 Å². The first-order chi connectivity index (χ1) is 7.15. The Bertz CT molecular complexity index is 300. The lowest BCUT2D eigenvalue weighted by Crippen LogP contribution is -2.38. The first kappa shape index (κ1) is 12.2. The Kier molecular flexibility index (Phi) is 4.74. The monoisotopic (exact) mass is 228 g/mol. The van der Waals surface area contributed by atoms with E-state index in [0.29, 0.717) is 6.42 Å². The second-order valence-corrected chi connectivity index (χ2v) is 4.28. The zero-order valence-electron chi connectivity index (χ0n) is 8.64. The van der Waals surface area contributed by atoms with Crippen LogP contribution < -0.4 is 11.1 Å². The van der Waals surface area contributed by atoms with Crippen LogP contribution in [0.4, 0.5) is 0 Å². The summed E-state index contributed by atoms with van der Waals surface area (Å²) in [4.78, 5) is 12.4. The summed E-state index contributed by atoms with van der Waals surface area (Å²) in [6, 6.07) is 3.05. The quantitative estimate of drug-likeness (QED) is 0.692. The topological polar surface area (TPSA) is 75.3 Å². The highest BCUT2D eigenvalue weighted by Crippen LogP contribution is 2.16. The van der Waals surface area contributed by atoms with Gasteiger partial charge in [-0.15, -0.1) is 11.3 Å². The van der Waals surface area contributed by atoms with E-state index in [-0.39, 0.29) is 12.5 Å². The average Bonchev–Trinajstić information content (AvgIpc) is 2.77. The number of hydrogen-bond donors (Lipinski definition) is 3. The third kappa shape index (κ3) is 3.62. The molecule has 2 unspecified atom stereocenters. The molecule has 15 heavy (non-hydrogen) atoms. The van der Waals surface area contributed by atoms with Crippen LogP contribution in [0, 0.1) is 0 Å². The summed E-state index contributed by atoms with van der Waals surface area (Å²) in [5.41, 5.74) is 5.73. The number of aliphatic hydroxyl groups excluding tert-OH is 1. The molecule has 0 spiro atoms. The van der Waals surface area contributed by atoms with Gasteiger partial charge < -0.3 is 16.2 Å². The maximum absolute atomic E-state index is 11.5. The molecule has 0 aliphatic carbocycles. The lowest BCUT2D eigenvalue weighted by Gasteiger charge is -2.13. The molecule has 0 fully saturated rings. The number of thiophene rings is 1. The lowest BCUT2D eigenvalue weighted by molar-refractivity contribution is -0.122. The first-order valence-electron chi connectivity index (χ1n) is 4.90. The van der Waals surface area contributed by atoms with Crippen LogP contribution in [0.25, 0.3) is 0 Å². The van der Waals surface area contributed by atoms with Gasteiger partial charge in [0.2, 0.25) is 5.91 Å². The number of amides is 1. The van der Waals surface area contributed by atoms with Crippen LogP contribution in [0.15, 0.2) is 17.5 Å². The van der Waals surface area contributed by atoms with Gasteiger partial charge in [0.1, 0.15) is 6.04 Å². The van der Waals surface area contributed by atoms with Gasteiger partial charge >= 0.3 is 0 Å². The van der Waals surface area contributed by atoms with Gasteiger partial charge in [0.25, 0.3) is 0 Å². The molecule has 0 aliphatic heterocycles. The van der Waals surface area contributed by atoms with Crippen molar-refractivity contribution in [3.05, 3.63) is 22.4 Å². The van der Waals surface area contributed by atoms with Crippen LogP contribution in [-0.4, -0.2) is 23.7 Å². The van der Waals surface area contributed by atoms with Gasteiger partial charge in [0, 0.05) is 11.4 Å². The fraction of sp³-hybridized carbons (Fsp3) is 0.500. The smallest absolute Gasteiger partial charge is 0.242 e. The molecule has 4 nitrogen and oxygen atoms in total. The molecule has 0 saturated carbocycles. The molecule has 0 bridgehead atoms. The molecule has 4 N–H and O–H groups in total. The molecule has 0 radical (unpaired) electrons. The zero-order chi connectivity index (χ0) is 11.3. The predicted octanol–water partition coefficient (Wildman–Crippen LogP) is 0.635. The summed E-state index contributed by atoms with van der Waals surface area (Å²) < 4.78 is 0. The predicted molar refractivity (Wildman–Crippen MR) is 60.6 cm³/mol. The van der Waals surface area contributed by atoms with E-state index in [1.165, 1.54) is 11.3 Å². The highest BCUT2D eigenvalue weighted by molar-refractivity contribution is 7.10. The van der Waals surface area contributed by atoms with Crippen molar-refractivity contribution < 1.29 is 9.90 Å². The van der Waals surface area contributed by atoms with Crippen molar-refractivity contribution in [2.75, 3.05) is 6.54 Å². The van der Waals surface area contributed by atoms with E-state index in [4.69, 9.17) is 5.73 Å². The highest BCUT2D eigenvalue weighted by atomic mass is 32.1. The number of nitrogens with two attached hydrogens (primary N) is 1. The molecular weight excluding hydrogens is 212 g/mol. The second kappa shape index (κ2) is 5.85. The summed E-state index contributed by atoms with van der Waals surface area (Å²) in [7, 11) is 0. The Morgan fingerprint density at radius 1 is 1.73 bits per heavy atom. The van der Waals surface area contributed by atoms with Crippen molar-refractivity contribution in [2.24, 2.45) is 5.73 Å². The summed E-state index contributed by atoms with van der Waals surface area (Å²) in [6.07, 6.45) is 0.124. The fourth-order valence-corrected chi connectivity index (χ4v) is 1.80. The van der Waals surface area contributed by atoms with Crippen molar-refractivity contribution >= 4 is 17.2 Å².